The third-order valence-electron chi connectivity index (χ3n) is 7.47. The van der Waals surface area contributed by atoms with Crippen LogP contribution in [0.5, 0.6) is 11.5 Å². The van der Waals surface area contributed by atoms with Crippen LogP contribution in [-0.4, -0.2) is 29.5 Å². The predicted molar refractivity (Wildman–Crippen MR) is 134 cm³/mol. The maximum Gasteiger partial charge on any atom is 0.250 e. The number of aliphatic hydroxyl groups excluding tert-OH is 1. The van der Waals surface area contributed by atoms with Crippen molar-refractivity contribution in [3.63, 3.8) is 0 Å². The maximum atomic E-state index is 10.5. The van der Waals surface area contributed by atoms with Gasteiger partial charge in [-0.15, -0.1) is 0 Å². The molecule has 0 saturated carbocycles. The molecular weight excluding hydrogens is 456 g/mol. The maximum absolute atomic E-state index is 10.5. The number of halogens is 1. The Kier molecular flexibility index (Phi) is 7.24. The first-order chi connectivity index (χ1) is 13.4. The summed E-state index contributed by atoms with van der Waals surface area (Å²) in [5.74, 6) is 2.11. The SMILES string of the molecule is Cc1c(C)c2c(c(C)c1O[Si](C)(C)C(C)(C)C)CCC(C)(CCC(O)C(C)(C)Br)O2. The van der Waals surface area contributed by atoms with Gasteiger partial charge in [-0.3, -0.25) is 0 Å². The quantitative estimate of drug-likeness (QED) is 0.328. The largest absolute Gasteiger partial charge is 0.543 e. The molecule has 1 aromatic carbocycles. The summed E-state index contributed by atoms with van der Waals surface area (Å²) in [6.45, 7) is 24.2. The van der Waals surface area contributed by atoms with E-state index in [9.17, 15) is 5.11 Å². The molecule has 1 aliphatic heterocycles. The van der Waals surface area contributed by atoms with Gasteiger partial charge in [0.05, 0.1) is 6.10 Å². The van der Waals surface area contributed by atoms with Crippen molar-refractivity contribution in [3.05, 3.63) is 22.3 Å². The molecule has 2 atom stereocenters. The van der Waals surface area contributed by atoms with Crippen LogP contribution >= 0.6 is 15.9 Å². The van der Waals surface area contributed by atoms with Gasteiger partial charge in [-0.25, -0.2) is 0 Å². The molecule has 2 rings (SSSR count). The zero-order valence-corrected chi connectivity index (χ0v) is 23.6. The van der Waals surface area contributed by atoms with Crippen LogP contribution in [0.25, 0.3) is 0 Å². The van der Waals surface area contributed by atoms with Crippen molar-refractivity contribution in [2.45, 2.75) is 122 Å². The molecule has 172 valence electrons. The van der Waals surface area contributed by atoms with Gasteiger partial charge in [0, 0.05) is 9.89 Å². The lowest BCUT2D eigenvalue weighted by molar-refractivity contribution is 0.0319. The molecule has 30 heavy (non-hydrogen) atoms. The van der Waals surface area contributed by atoms with Gasteiger partial charge in [0.2, 0.25) is 0 Å². The van der Waals surface area contributed by atoms with E-state index >= 15 is 0 Å². The molecule has 5 heteroatoms. The minimum absolute atomic E-state index is 0.162. The highest BCUT2D eigenvalue weighted by Gasteiger charge is 2.41. The van der Waals surface area contributed by atoms with Crippen molar-refractivity contribution >= 4 is 24.2 Å². The Morgan fingerprint density at radius 2 is 1.67 bits per heavy atom. The summed E-state index contributed by atoms with van der Waals surface area (Å²) in [7, 11) is -1.92. The molecule has 1 aliphatic rings. The molecule has 0 aromatic heterocycles. The summed E-state index contributed by atoms with van der Waals surface area (Å²) in [5.41, 5.74) is 4.67. The van der Waals surface area contributed by atoms with E-state index in [1.165, 1.54) is 22.3 Å². The van der Waals surface area contributed by atoms with Gasteiger partial charge in [0.25, 0.3) is 8.32 Å². The third-order valence-corrected chi connectivity index (χ3v) is 12.3. The molecule has 0 saturated heterocycles. The van der Waals surface area contributed by atoms with Crippen LogP contribution in [-0.2, 0) is 6.42 Å². The molecule has 0 amide bonds. The fourth-order valence-corrected chi connectivity index (χ4v) is 5.16. The summed E-state index contributed by atoms with van der Waals surface area (Å²) in [6, 6.07) is 0. The van der Waals surface area contributed by atoms with Crippen LogP contribution in [0.15, 0.2) is 0 Å². The second kappa shape index (κ2) is 8.44. The van der Waals surface area contributed by atoms with E-state index in [2.05, 4.69) is 77.5 Å². The number of benzene rings is 1. The minimum Gasteiger partial charge on any atom is -0.543 e. The van der Waals surface area contributed by atoms with Crippen LogP contribution in [0.2, 0.25) is 18.1 Å². The number of hydrogen-bond donors (Lipinski definition) is 1. The van der Waals surface area contributed by atoms with Crippen molar-refractivity contribution in [2.75, 3.05) is 0 Å². The Morgan fingerprint density at radius 3 is 2.17 bits per heavy atom. The fraction of sp³-hybridized carbons (Fsp3) is 0.760. The van der Waals surface area contributed by atoms with Crippen LogP contribution in [0.1, 0.15) is 83.1 Å². The highest BCUT2D eigenvalue weighted by molar-refractivity contribution is 9.10. The number of rotatable bonds is 6. The van der Waals surface area contributed by atoms with E-state index in [0.29, 0.717) is 6.42 Å². The predicted octanol–water partition coefficient (Wildman–Crippen LogP) is 7.39. The van der Waals surface area contributed by atoms with E-state index in [0.717, 1.165) is 30.8 Å². The molecule has 3 nitrogen and oxygen atoms in total. The van der Waals surface area contributed by atoms with Crippen molar-refractivity contribution in [2.24, 2.45) is 0 Å². The Balaban J connectivity index is 2.34. The van der Waals surface area contributed by atoms with Crippen molar-refractivity contribution in [3.8, 4) is 11.5 Å². The van der Waals surface area contributed by atoms with Gasteiger partial charge in [0.1, 0.15) is 17.1 Å². The van der Waals surface area contributed by atoms with E-state index in [4.69, 9.17) is 9.16 Å². The lowest BCUT2D eigenvalue weighted by Crippen LogP contribution is -2.44. The van der Waals surface area contributed by atoms with Crippen LogP contribution < -0.4 is 9.16 Å². The molecule has 0 bridgehead atoms. The number of aliphatic hydroxyl groups is 1. The summed E-state index contributed by atoms with van der Waals surface area (Å²) in [6.07, 6.45) is 3.10. The topological polar surface area (TPSA) is 38.7 Å². The zero-order chi connectivity index (χ0) is 23.3. The van der Waals surface area contributed by atoms with E-state index in [1.54, 1.807) is 0 Å². The number of alkyl halides is 1. The monoisotopic (exact) mass is 498 g/mol. The van der Waals surface area contributed by atoms with Gasteiger partial charge < -0.3 is 14.3 Å². The average Bonchev–Trinajstić information content (AvgIpc) is 2.59. The molecule has 0 radical (unpaired) electrons. The minimum atomic E-state index is -1.92. The Hall–Kier alpha value is -0.523. The van der Waals surface area contributed by atoms with Crippen LogP contribution in [0.3, 0.4) is 0 Å². The van der Waals surface area contributed by atoms with Gasteiger partial charge in [-0.2, -0.15) is 0 Å². The lowest BCUT2D eigenvalue weighted by atomic mass is 9.84. The lowest BCUT2D eigenvalue weighted by Gasteiger charge is -2.41. The number of ether oxygens (including phenoxy) is 1. The average molecular weight is 500 g/mol. The first-order valence-corrected chi connectivity index (χ1v) is 15.0. The number of fused-ring (bicyclic) bond motifs is 1. The summed E-state index contributed by atoms with van der Waals surface area (Å²) in [5, 5.41) is 10.6. The molecule has 0 fully saturated rings. The molecule has 1 aromatic rings. The number of hydrogen-bond acceptors (Lipinski definition) is 3. The second-order valence-electron chi connectivity index (χ2n) is 11.5. The second-order valence-corrected chi connectivity index (χ2v) is 18.3. The zero-order valence-electron chi connectivity index (χ0n) is 21.0. The Labute approximate surface area is 194 Å². The highest BCUT2D eigenvalue weighted by Crippen LogP contribution is 2.47. The van der Waals surface area contributed by atoms with Gasteiger partial charge in [-0.1, -0.05) is 36.7 Å². The van der Waals surface area contributed by atoms with Gasteiger partial charge in [-0.05, 0) is 102 Å². The third kappa shape index (κ3) is 5.27. The van der Waals surface area contributed by atoms with Gasteiger partial charge >= 0.3 is 0 Å². The highest BCUT2D eigenvalue weighted by atomic mass is 79.9. The van der Waals surface area contributed by atoms with Gasteiger partial charge in [0.15, 0.2) is 0 Å². The first kappa shape index (κ1) is 25.7. The van der Waals surface area contributed by atoms with E-state index in [1.807, 2.05) is 13.8 Å². The summed E-state index contributed by atoms with van der Waals surface area (Å²) >= 11 is 3.59. The van der Waals surface area contributed by atoms with Crippen LogP contribution in [0.4, 0.5) is 0 Å². The van der Waals surface area contributed by atoms with E-state index in [-0.39, 0.29) is 15.0 Å². The molecule has 1 heterocycles. The fourth-order valence-electron chi connectivity index (χ4n) is 3.80. The molecule has 1 N–H and O–H groups in total. The standard InChI is InChI=1S/C25H43BrO3Si/c1-16-17(2)22-19(18(3)21(16)29-30(10,11)23(4,5)6)12-14-25(9,28-22)15-13-20(27)24(7,8)26/h20,27H,12-15H2,1-11H3. The summed E-state index contributed by atoms with van der Waals surface area (Å²) < 4.78 is 13.2. The van der Waals surface area contributed by atoms with Crippen molar-refractivity contribution in [1.29, 1.82) is 0 Å². The summed E-state index contributed by atoms with van der Waals surface area (Å²) in [4.78, 5) is 0. The first-order valence-electron chi connectivity index (χ1n) is 11.3. The van der Waals surface area contributed by atoms with Crippen LogP contribution in [0, 0.1) is 20.8 Å². The Bertz CT molecular complexity index is 789. The molecule has 2 unspecified atom stereocenters. The smallest absolute Gasteiger partial charge is 0.250 e. The van der Waals surface area contributed by atoms with Crippen molar-refractivity contribution < 1.29 is 14.3 Å². The van der Waals surface area contributed by atoms with Crippen molar-refractivity contribution in [1.82, 2.24) is 0 Å². The molecule has 0 aliphatic carbocycles. The normalized spacial score (nSPS) is 21.1. The molecular formula is C25H43BrO3Si. The Morgan fingerprint density at radius 1 is 1.10 bits per heavy atom. The molecule has 0 spiro atoms. The van der Waals surface area contributed by atoms with E-state index < -0.39 is 14.4 Å².